The van der Waals surface area contributed by atoms with Gasteiger partial charge in [-0.15, -0.1) is 0 Å². The molecule has 0 amide bonds. The molecule has 0 saturated heterocycles. The van der Waals surface area contributed by atoms with Gasteiger partial charge in [-0.3, -0.25) is 0 Å². The molecule has 0 fully saturated rings. The molecule has 25 heavy (non-hydrogen) atoms. The first-order chi connectivity index (χ1) is 11.7. The van der Waals surface area contributed by atoms with Crippen LogP contribution in [-0.4, -0.2) is 23.4 Å². The van der Waals surface area contributed by atoms with Crippen LogP contribution in [0.4, 0.5) is 13.2 Å². The standard InChI is InChI=1S/C18H13F3O4/c1-10-3-2-4-12(7-10)24-13-6-5-11-8-14(17(22)23)16(18(19,20)21)25-15(11)9-13/h2-9,16H,1H3,(H,22,23). The normalized spacial score (nSPS) is 16.5. The number of benzene rings is 2. The highest BCUT2D eigenvalue weighted by atomic mass is 19.4. The van der Waals surface area contributed by atoms with Gasteiger partial charge in [0.1, 0.15) is 17.2 Å². The van der Waals surface area contributed by atoms with Crippen LogP contribution < -0.4 is 9.47 Å². The van der Waals surface area contributed by atoms with E-state index in [2.05, 4.69) is 0 Å². The number of ether oxygens (including phenoxy) is 2. The average Bonchev–Trinajstić information content (AvgIpc) is 2.52. The van der Waals surface area contributed by atoms with Crippen LogP contribution in [0.15, 0.2) is 48.0 Å². The number of carboxylic acids is 1. The van der Waals surface area contributed by atoms with Gasteiger partial charge in [-0.2, -0.15) is 13.2 Å². The summed E-state index contributed by atoms with van der Waals surface area (Å²) in [5.74, 6) is -0.937. The molecule has 2 aromatic carbocycles. The maximum absolute atomic E-state index is 13.1. The van der Waals surface area contributed by atoms with Crippen LogP contribution in [0.3, 0.4) is 0 Å². The minimum Gasteiger partial charge on any atom is -0.478 e. The van der Waals surface area contributed by atoms with E-state index in [1.165, 1.54) is 18.2 Å². The molecular weight excluding hydrogens is 337 g/mol. The summed E-state index contributed by atoms with van der Waals surface area (Å²) in [6.07, 6.45) is -6.39. The molecule has 1 heterocycles. The monoisotopic (exact) mass is 350 g/mol. The molecule has 0 radical (unpaired) electrons. The van der Waals surface area contributed by atoms with Crippen molar-refractivity contribution in [3.63, 3.8) is 0 Å². The summed E-state index contributed by atoms with van der Waals surface area (Å²) < 4.78 is 49.8. The van der Waals surface area contributed by atoms with Gasteiger partial charge in [0, 0.05) is 11.6 Å². The second-order valence-electron chi connectivity index (χ2n) is 5.56. The number of alkyl halides is 3. The SMILES string of the molecule is Cc1cccc(Oc2ccc3c(c2)OC(C(F)(F)F)C(C(=O)O)=C3)c1. The summed E-state index contributed by atoms with van der Waals surface area (Å²) in [6.45, 7) is 1.88. The van der Waals surface area contributed by atoms with Crippen LogP contribution in [0.2, 0.25) is 0 Å². The minimum absolute atomic E-state index is 0.0857. The lowest BCUT2D eigenvalue weighted by molar-refractivity contribution is -0.187. The predicted octanol–water partition coefficient (Wildman–Crippen LogP) is 4.58. The van der Waals surface area contributed by atoms with Gasteiger partial charge in [-0.05, 0) is 42.8 Å². The van der Waals surface area contributed by atoms with E-state index >= 15 is 0 Å². The Bertz CT molecular complexity index is 856. The topological polar surface area (TPSA) is 55.8 Å². The Kier molecular flexibility index (Phi) is 4.16. The number of rotatable bonds is 3. The molecule has 130 valence electrons. The first-order valence-corrected chi connectivity index (χ1v) is 7.31. The molecule has 3 rings (SSSR count). The largest absolute Gasteiger partial charge is 0.478 e. The van der Waals surface area contributed by atoms with Crippen LogP contribution in [-0.2, 0) is 4.79 Å². The number of aliphatic carboxylic acids is 1. The summed E-state index contributed by atoms with van der Waals surface area (Å²) in [7, 11) is 0. The zero-order valence-corrected chi connectivity index (χ0v) is 13.0. The van der Waals surface area contributed by atoms with Crippen LogP contribution >= 0.6 is 0 Å². The molecule has 1 N–H and O–H groups in total. The van der Waals surface area contributed by atoms with E-state index in [0.29, 0.717) is 5.75 Å². The highest BCUT2D eigenvalue weighted by Crippen LogP contribution is 2.39. The van der Waals surface area contributed by atoms with Crippen LogP contribution in [0, 0.1) is 6.92 Å². The molecule has 1 aliphatic rings. The number of carbonyl (C=O) groups is 1. The van der Waals surface area contributed by atoms with Crippen LogP contribution in [0.25, 0.3) is 6.08 Å². The molecule has 1 unspecified atom stereocenters. The number of fused-ring (bicyclic) bond motifs is 1. The minimum atomic E-state index is -4.84. The first kappa shape index (κ1) is 16.9. The van der Waals surface area contributed by atoms with Gasteiger partial charge < -0.3 is 14.6 Å². The fourth-order valence-corrected chi connectivity index (χ4v) is 2.47. The number of aryl methyl sites for hydroxylation is 1. The summed E-state index contributed by atoms with van der Waals surface area (Å²) in [5, 5.41) is 9.00. The molecule has 2 aromatic rings. The smallest absolute Gasteiger partial charge is 0.430 e. The third-order valence-electron chi connectivity index (χ3n) is 3.59. The number of carboxylic acid groups (broad SMARTS) is 1. The van der Waals surface area contributed by atoms with Gasteiger partial charge in [0.2, 0.25) is 6.10 Å². The van der Waals surface area contributed by atoms with Crippen molar-refractivity contribution < 1.29 is 32.5 Å². The third-order valence-corrected chi connectivity index (χ3v) is 3.59. The van der Waals surface area contributed by atoms with E-state index in [1.54, 1.807) is 18.2 Å². The third kappa shape index (κ3) is 3.60. The van der Waals surface area contributed by atoms with E-state index in [9.17, 15) is 18.0 Å². The number of halogens is 3. The van der Waals surface area contributed by atoms with Crippen molar-refractivity contribution in [2.75, 3.05) is 0 Å². The summed E-state index contributed by atoms with van der Waals surface area (Å²) in [4.78, 5) is 11.1. The maximum atomic E-state index is 13.1. The van der Waals surface area contributed by atoms with Crippen molar-refractivity contribution in [3.8, 4) is 17.2 Å². The van der Waals surface area contributed by atoms with Crippen molar-refractivity contribution in [3.05, 3.63) is 59.2 Å². The molecule has 1 aliphatic heterocycles. The lowest BCUT2D eigenvalue weighted by Gasteiger charge is -2.27. The molecule has 4 nitrogen and oxygen atoms in total. The molecule has 0 saturated carbocycles. The number of hydrogen-bond acceptors (Lipinski definition) is 3. The van der Waals surface area contributed by atoms with Crippen molar-refractivity contribution in [2.45, 2.75) is 19.2 Å². The van der Waals surface area contributed by atoms with Gasteiger partial charge >= 0.3 is 12.1 Å². The first-order valence-electron chi connectivity index (χ1n) is 7.31. The maximum Gasteiger partial charge on any atom is 0.430 e. The Hall–Kier alpha value is -2.96. The fraction of sp³-hybridized carbons (Fsp3) is 0.167. The average molecular weight is 350 g/mol. The second kappa shape index (κ2) is 6.16. The fourth-order valence-electron chi connectivity index (χ4n) is 2.47. The molecule has 1 atom stereocenters. The predicted molar refractivity (Wildman–Crippen MR) is 83.8 cm³/mol. The van der Waals surface area contributed by atoms with E-state index in [0.717, 1.165) is 11.6 Å². The molecule has 0 spiro atoms. The van der Waals surface area contributed by atoms with Crippen LogP contribution in [0.1, 0.15) is 11.1 Å². The van der Waals surface area contributed by atoms with E-state index in [1.807, 2.05) is 13.0 Å². The molecule has 7 heteroatoms. The number of hydrogen-bond donors (Lipinski definition) is 1. The van der Waals surface area contributed by atoms with Crippen molar-refractivity contribution in [2.24, 2.45) is 0 Å². The Morgan fingerprint density at radius 2 is 1.88 bits per heavy atom. The highest BCUT2D eigenvalue weighted by Gasteiger charge is 2.48. The second-order valence-corrected chi connectivity index (χ2v) is 5.56. The molecule has 0 bridgehead atoms. The van der Waals surface area contributed by atoms with Gasteiger partial charge in [-0.1, -0.05) is 12.1 Å². The van der Waals surface area contributed by atoms with Gasteiger partial charge in [-0.25, -0.2) is 4.79 Å². The van der Waals surface area contributed by atoms with Gasteiger partial charge in [0.25, 0.3) is 0 Å². The Morgan fingerprint density at radius 1 is 1.16 bits per heavy atom. The zero-order chi connectivity index (χ0) is 18.2. The van der Waals surface area contributed by atoms with Crippen molar-refractivity contribution in [1.82, 2.24) is 0 Å². The summed E-state index contributed by atoms with van der Waals surface area (Å²) >= 11 is 0. The van der Waals surface area contributed by atoms with Gasteiger partial charge in [0.15, 0.2) is 0 Å². The zero-order valence-electron chi connectivity index (χ0n) is 13.0. The van der Waals surface area contributed by atoms with E-state index < -0.39 is 23.8 Å². The Balaban J connectivity index is 1.94. The van der Waals surface area contributed by atoms with Crippen molar-refractivity contribution in [1.29, 1.82) is 0 Å². The Morgan fingerprint density at radius 3 is 2.52 bits per heavy atom. The summed E-state index contributed by atoms with van der Waals surface area (Å²) in [6, 6.07) is 11.5. The van der Waals surface area contributed by atoms with Crippen molar-refractivity contribution >= 4 is 12.0 Å². The molecule has 0 aromatic heterocycles. The van der Waals surface area contributed by atoms with E-state index in [-0.39, 0.29) is 17.1 Å². The lowest BCUT2D eigenvalue weighted by atomic mass is 10.0. The Labute approximate surface area is 141 Å². The molecule has 0 aliphatic carbocycles. The van der Waals surface area contributed by atoms with Crippen LogP contribution in [0.5, 0.6) is 17.2 Å². The quantitative estimate of drug-likeness (QED) is 0.880. The molecular formula is C18H13F3O4. The highest BCUT2D eigenvalue weighted by molar-refractivity contribution is 5.95. The van der Waals surface area contributed by atoms with Gasteiger partial charge in [0.05, 0.1) is 5.57 Å². The van der Waals surface area contributed by atoms with E-state index in [4.69, 9.17) is 14.6 Å². The summed E-state index contributed by atoms with van der Waals surface area (Å²) in [5.41, 5.74) is 0.361. The lowest BCUT2D eigenvalue weighted by Crippen LogP contribution is -2.40.